The first kappa shape index (κ1) is 21.3. The Morgan fingerprint density at radius 3 is 2.86 bits per heavy atom. The van der Waals surface area contributed by atoms with Crippen molar-refractivity contribution in [2.24, 2.45) is 0 Å². The molecule has 3 atom stereocenters. The van der Waals surface area contributed by atoms with Gasteiger partial charge < -0.3 is 25.4 Å². The highest BCUT2D eigenvalue weighted by molar-refractivity contribution is 5.93. The predicted molar refractivity (Wildman–Crippen MR) is 117 cm³/mol. The van der Waals surface area contributed by atoms with Crippen molar-refractivity contribution in [2.45, 2.75) is 30.9 Å². The number of fused-ring (bicyclic) bond motifs is 4. The van der Waals surface area contributed by atoms with Gasteiger partial charge in [-0.25, -0.2) is 22.9 Å². The van der Waals surface area contributed by atoms with Crippen LogP contribution in [0.5, 0.6) is 17.2 Å². The number of halogens is 3. The minimum Gasteiger partial charge on any atom is -0.487 e. The van der Waals surface area contributed by atoms with Crippen LogP contribution < -0.4 is 25.4 Å². The fourth-order valence-electron chi connectivity index (χ4n) is 4.51. The monoisotopic (exact) mass is 482 g/mol. The summed E-state index contributed by atoms with van der Waals surface area (Å²) in [4.78, 5) is 28.1. The molecule has 3 N–H and O–H groups in total. The normalized spacial score (nSPS) is 21.1. The van der Waals surface area contributed by atoms with Crippen LogP contribution in [0.4, 0.5) is 29.5 Å². The molecule has 1 saturated carbocycles. The van der Waals surface area contributed by atoms with Gasteiger partial charge in [-0.3, -0.25) is 4.79 Å². The summed E-state index contributed by atoms with van der Waals surface area (Å²) in [7, 11) is 0. The van der Waals surface area contributed by atoms with Crippen molar-refractivity contribution in [2.75, 3.05) is 10.6 Å². The van der Waals surface area contributed by atoms with E-state index in [0.29, 0.717) is 48.0 Å². The van der Waals surface area contributed by atoms with Crippen molar-refractivity contribution >= 4 is 23.4 Å². The van der Waals surface area contributed by atoms with Crippen LogP contribution in [0.25, 0.3) is 0 Å². The van der Waals surface area contributed by atoms with Crippen molar-refractivity contribution < 1.29 is 32.2 Å². The van der Waals surface area contributed by atoms with E-state index in [2.05, 4.69) is 20.9 Å². The summed E-state index contributed by atoms with van der Waals surface area (Å²) in [6, 6.07) is 6.96. The molecule has 3 aromatic rings. The number of ether oxygens (including phenoxy) is 2. The molecule has 8 nitrogen and oxygen atoms in total. The number of hydrogen-bond acceptors (Lipinski definition) is 5. The molecule has 6 rings (SSSR count). The molecule has 2 aromatic carbocycles. The second-order valence-electron chi connectivity index (χ2n) is 8.47. The number of hydrogen-bond donors (Lipinski definition) is 3. The predicted octanol–water partition coefficient (Wildman–Crippen LogP) is 4.22. The SMILES string of the molecule is O=C1CCc2c(Oc3ccc4c(c3)[C@H]3[C@H](NC(=O)Nc5cc(F)cc(F)c5F)[C@H]3O4)ccnc2N1. The molecule has 178 valence electrons. The highest BCUT2D eigenvalue weighted by Crippen LogP contribution is 2.54. The van der Waals surface area contributed by atoms with Crippen LogP contribution in [0.1, 0.15) is 23.5 Å². The summed E-state index contributed by atoms with van der Waals surface area (Å²) in [6.45, 7) is 0. The molecular weight excluding hydrogens is 465 g/mol. The average Bonchev–Trinajstić information content (AvgIpc) is 3.33. The second-order valence-corrected chi connectivity index (χ2v) is 8.47. The van der Waals surface area contributed by atoms with E-state index in [-0.39, 0.29) is 17.9 Å². The molecule has 0 spiro atoms. The van der Waals surface area contributed by atoms with Gasteiger partial charge in [-0.15, -0.1) is 0 Å². The summed E-state index contributed by atoms with van der Waals surface area (Å²) >= 11 is 0. The summed E-state index contributed by atoms with van der Waals surface area (Å²) in [5.74, 6) is -1.73. The lowest BCUT2D eigenvalue weighted by Gasteiger charge is -2.19. The van der Waals surface area contributed by atoms with E-state index < -0.39 is 35.2 Å². The smallest absolute Gasteiger partial charge is 0.319 e. The van der Waals surface area contributed by atoms with Crippen LogP contribution in [0.2, 0.25) is 0 Å². The maximum atomic E-state index is 13.8. The van der Waals surface area contributed by atoms with Gasteiger partial charge in [0.2, 0.25) is 5.91 Å². The van der Waals surface area contributed by atoms with E-state index in [4.69, 9.17) is 9.47 Å². The van der Waals surface area contributed by atoms with Gasteiger partial charge in [0.1, 0.15) is 35.0 Å². The average molecular weight is 482 g/mol. The van der Waals surface area contributed by atoms with Gasteiger partial charge in [0.25, 0.3) is 0 Å². The van der Waals surface area contributed by atoms with Crippen LogP contribution in [0.3, 0.4) is 0 Å². The van der Waals surface area contributed by atoms with Gasteiger partial charge in [0.05, 0.1) is 17.6 Å². The molecule has 1 fully saturated rings. The van der Waals surface area contributed by atoms with E-state index in [1.54, 1.807) is 24.4 Å². The Morgan fingerprint density at radius 1 is 1.14 bits per heavy atom. The molecule has 11 heteroatoms. The Balaban J connectivity index is 1.15. The first-order chi connectivity index (χ1) is 16.9. The van der Waals surface area contributed by atoms with Crippen molar-refractivity contribution in [1.82, 2.24) is 10.3 Å². The number of anilines is 2. The topological polar surface area (TPSA) is 102 Å². The Hall–Kier alpha value is -4.28. The molecule has 0 unspecified atom stereocenters. The van der Waals surface area contributed by atoms with Gasteiger partial charge in [-0.2, -0.15) is 0 Å². The third-order valence-corrected chi connectivity index (χ3v) is 6.20. The minimum atomic E-state index is -1.40. The van der Waals surface area contributed by atoms with Gasteiger partial charge >= 0.3 is 6.03 Å². The van der Waals surface area contributed by atoms with Crippen LogP contribution >= 0.6 is 0 Å². The first-order valence-electron chi connectivity index (χ1n) is 10.9. The van der Waals surface area contributed by atoms with Crippen molar-refractivity contribution in [3.63, 3.8) is 0 Å². The fraction of sp³-hybridized carbons (Fsp3) is 0.208. The molecular formula is C24H17F3N4O4. The zero-order valence-corrected chi connectivity index (χ0v) is 17.9. The quantitative estimate of drug-likeness (QED) is 0.484. The molecule has 3 amide bonds. The van der Waals surface area contributed by atoms with E-state index in [0.717, 1.165) is 11.1 Å². The number of pyridine rings is 1. The highest BCUT2D eigenvalue weighted by Gasteiger charge is 2.59. The number of amides is 3. The number of nitrogens with zero attached hydrogens (tertiary/aromatic N) is 1. The van der Waals surface area contributed by atoms with E-state index in [1.807, 2.05) is 6.07 Å². The number of aromatic nitrogens is 1. The molecule has 0 bridgehead atoms. The Morgan fingerprint density at radius 2 is 2.00 bits per heavy atom. The maximum absolute atomic E-state index is 13.8. The Labute approximate surface area is 196 Å². The number of carbonyl (C=O) groups excluding carboxylic acids is 2. The van der Waals surface area contributed by atoms with Gasteiger partial charge in [-0.05, 0) is 30.7 Å². The van der Waals surface area contributed by atoms with Gasteiger partial charge in [0, 0.05) is 35.9 Å². The largest absolute Gasteiger partial charge is 0.487 e. The molecule has 1 aliphatic carbocycles. The maximum Gasteiger partial charge on any atom is 0.319 e. The number of benzene rings is 2. The van der Waals surface area contributed by atoms with Crippen LogP contribution in [-0.2, 0) is 11.2 Å². The lowest BCUT2D eigenvalue weighted by Crippen LogP contribution is -2.34. The first-order valence-corrected chi connectivity index (χ1v) is 10.9. The molecule has 0 saturated heterocycles. The Kier molecular flexibility index (Phi) is 4.80. The van der Waals surface area contributed by atoms with Crippen molar-refractivity contribution in [3.05, 3.63) is 71.2 Å². The van der Waals surface area contributed by atoms with E-state index in [1.165, 1.54) is 0 Å². The second kappa shape index (κ2) is 7.90. The molecule has 3 aliphatic rings. The molecule has 35 heavy (non-hydrogen) atoms. The van der Waals surface area contributed by atoms with Crippen molar-refractivity contribution in [1.29, 1.82) is 0 Å². The summed E-state index contributed by atoms with van der Waals surface area (Å²) in [5, 5.41) is 7.51. The number of carbonyl (C=O) groups is 2. The molecule has 1 aromatic heterocycles. The lowest BCUT2D eigenvalue weighted by atomic mass is 10.1. The van der Waals surface area contributed by atoms with Gasteiger partial charge in [0.15, 0.2) is 11.6 Å². The summed E-state index contributed by atoms with van der Waals surface area (Å²) in [5.41, 5.74) is 1.04. The number of rotatable bonds is 4. The highest BCUT2D eigenvalue weighted by atomic mass is 19.2. The van der Waals surface area contributed by atoms with Crippen molar-refractivity contribution in [3.8, 4) is 17.2 Å². The van der Waals surface area contributed by atoms with Crippen LogP contribution in [0.15, 0.2) is 42.6 Å². The van der Waals surface area contributed by atoms with Crippen LogP contribution in [0, 0.1) is 17.5 Å². The zero-order valence-electron chi connectivity index (χ0n) is 17.9. The summed E-state index contributed by atoms with van der Waals surface area (Å²) < 4.78 is 52.5. The molecule has 0 radical (unpaired) electrons. The standard InChI is InChI=1S/C24H17F3N4O4/c25-10-7-14(26)20(27)15(8-10)29-24(33)31-21-19-13-9-11(1-3-16(13)35-22(19)21)34-17-5-6-28-23-12(17)2-4-18(32)30-23/h1,3,5-9,19,21-22H,2,4H2,(H,28,30,32)(H2,29,31,33)/t19-,21-,22-/m0/s1. The lowest BCUT2D eigenvalue weighted by molar-refractivity contribution is -0.116. The Bertz CT molecular complexity index is 1400. The van der Waals surface area contributed by atoms with Gasteiger partial charge in [-0.1, -0.05) is 0 Å². The van der Waals surface area contributed by atoms with E-state index in [9.17, 15) is 22.8 Å². The molecule has 2 aliphatic heterocycles. The molecule has 3 heterocycles. The number of nitrogens with one attached hydrogen (secondary N) is 3. The third kappa shape index (κ3) is 3.78. The van der Waals surface area contributed by atoms with E-state index >= 15 is 0 Å². The number of urea groups is 1. The van der Waals surface area contributed by atoms with Crippen LogP contribution in [-0.4, -0.2) is 29.1 Å². The zero-order chi connectivity index (χ0) is 24.3. The summed E-state index contributed by atoms with van der Waals surface area (Å²) in [6.07, 6.45) is 2.10. The minimum absolute atomic E-state index is 0.0931. The third-order valence-electron chi connectivity index (χ3n) is 6.20. The fourth-order valence-corrected chi connectivity index (χ4v) is 4.51.